The van der Waals surface area contributed by atoms with Gasteiger partial charge in [-0.25, -0.2) is 4.98 Å². The number of hydrogen-bond donors (Lipinski definition) is 1. The maximum atomic E-state index is 12.5. The predicted octanol–water partition coefficient (Wildman–Crippen LogP) is 6.82. The van der Waals surface area contributed by atoms with Crippen LogP contribution in [0.15, 0.2) is 48.7 Å². The average Bonchev–Trinajstić information content (AvgIpc) is 2.92. The lowest BCUT2D eigenvalue weighted by Crippen LogP contribution is -2.09. The van der Waals surface area contributed by atoms with Gasteiger partial charge in [0, 0.05) is 23.6 Å². The molecule has 0 aliphatic carbocycles. The zero-order chi connectivity index (χ0) is 28.5. The molecule has 0 saturated carbocycles. The molecule has 0 bridgehead atoms. The number of pyridine rings is 2. The normalized spacial score (nSPS) is 11.9. The third-order valence-corrected chi connectivity index (χ3v) is 8.90. The summed E-state index contributed by atoms with van der Waals surface area (Å²) in [5, 5.41) is 2.11. The van der Waals surface area contributed by atoms with E-state index in [9.17, 15) is 4.57 Å². The van der Waals surface area contributed by atoms with E-state index in [1.54, 1.807) is 0 Å². The number of aromatic nitrogens is 2. The number of fused-ring (bicyclic) bond motifs is 3. The first-order valence-corrected chi connectivity index (χ1v) is 15.7. The van der Waals surface area contributed by atoms with Crippen molar-refractivity contribution in [2.24, 2.45) is 0 Å². The number of hydrogen-bond acceptors (Lipinski definition) is 8. The number of anilines is 1. The molecule has 9 heteroatoms. The maximum absolute atomic E-state index is 12.5. The standard InChI is InChI=1S/C31H40N3O5P/c1-5-38-40(35,39-6-2)17-7-14-36-15-16-37-26-12-11-25(23(4)19-26)10-9-24-20-28-27-13-8-22(3)18-29(27)34-31(32)30(28)33-21-24/h8,11-13,18-21H,5-7,9-10,14-17H2,1-4H3,(H2,32,34). The van der Waals surface area contributed by atoms with Gasteiger partial charge in [-0.15, -0.1) is 0 Å². The van der Waals surface area contributed by atoms with E-state index in [0.29, 0.717) is 51.4 Å². The van der Waals surface area contributed by atoms with Crippen LogP contribution in [0.4, 0.5) is 5.82 Å². The lowest BCUT2D eigenvalue weighted by molar-refractivity contribution is 0.0995. The fourth-order valence-corrected chi connectivity index (χ4v) is 6.39. The summed E-state index contributed by atoms with van der Waals surface area (Å²) in [5.74, 6) is 1.28. The van der Waals surface area contributed by atoms with Crippen LogP contribution in [0.25, 0.3) is 21.8 Å². The lowest BCUT2D eigenvalue weighted by Gasteiger charge is -2.16. The van der Waals surface area contributed by atoms with Crippen LogP contribution in [0, 0.1) is 13.8 Å². The highest BCUT2D eigenvalue weighted by atomic mass is 31.2. The van der Waals surface area contributed by atoms with Crippen molar-refractivity contribution in [3.8, 4) is 5.75 Å². The molecule has 2 aromatic carbocycles. The number of ether oxygens (including phenoxy) is 2. The van der Waals surface area contributed by atoms with Gasteiger partial charge in [0.15, 0.2) is 5.82 Å². The quantitative estimate of drug-likeness (QED) is 0.0951. The van der Waals surface area contributed by atoms with Gasteiger partial charge in [0.2, 0.25) is 0 Å². The van der Waals surface area contributed by atoms with Gasteiger partial charge in [-0.05, 0) is 93.5 Å². The van der Waals surface area contributed by atoms with Crippen LogP contribution in [0.1, 0.15) is 42.5 Å². The molecule has 0 spiro atoms. The molecule has 0 aliphatic rings. The van der Waals surface area contributed by atoms with Crippen molar-refractivity contribution in [1.29, 1.82) is 0 Å². The maximum Gasteiger partial charge on any atom is 0.330 e. The van der Waals surface area contributed by atoms with Crippen LogP contribution in [0.2, 0.25) is 0 Å². The summed E-state index contributed by atoms with van der Waals surface area (Å²) in [4.78, 5) is 9.19. The monoisotopic (exact) mass is 565 g/mol. The molecule has 214 valence electrons. The Balaban J connectivity index is 1.26. The number of rotatable bonds is 15. The molecule has 0 fully saturated rings. The summed E-state index contributed by atoms with van der Waals surface area (Å²) < 4.78 is 34.6. The molecule has 4 aromatic rings. The van der Waals surface area contributed by atoms with Crippen LogP contribution < -0.4 is 10.5 Å². The summed E-state index contributed by atoms with van der Waals surface area (Å²) in [7, 11) is -3.01. The van der Waals surface area contributed by atoms with Crippen LogP contribution >= 0.6 is 7.60 Å². The fourth-order valence-electron chi connectivity index (χ4n) is 4.76. The Kier molecular flexibility index (Phi) is 10.5. The second-order valence-corrected chi connectivity index (χ2v) is 12.0. The predicted molar refractivity (Wildman–Crippen MR) is 161 cm³/mol. The van der Waals surface area contributed by atoms with Gasteiger partial charge in [-0.2, -0.15) is 0 Å². The molecule has 0 unspecified atom stereocenters. The van der Waals surface area contributed by atoms with E-state index in [1.165, 1.54) is 11.1 Å². The number of benzene rings is 2. The van der Waals surface area contributed by atoms with Gasteiger partial charge in [0.05, 0.1) is 31.5 Å². The molecule has 2 heterocycles. The molecule has 0 amide bonds. The minimum atomic E-state index is -3.01. The molecular weight excluding hydrogens is 525 g/mol. The first-order chi connectivity index (χ1) is 19.3. The van der Waals surface area contributed by atoms with E-state index in [2.05, 4.69) is 60.2 Å². The number of nitrogen functional groups attached to an aromatic ring is 1. The topological polar surface area (TPSA) is 106 Å². The van der Waals surface area contributed by atoms with Crippen molar-refractivity contribution in [3.05, 3.63) is 70.9 Å². The summed E-state index contributed by atoms with van der Waals surface area (Å²) in [6.07, 6.45) is 4.63. The second kappa shape index (κ2) is 14.0. The minimum Gasteiger partial charge on any atom is -0.491 e. The highest BCUT2D eigenvalue weighted by Crippen LogP contribution is 2.48. The molecular formula is C31H40N3O5P. The third kappa shape index (κ3) is 7.79. The SMILES string of the molecule is CCOP(=O)(CCCOCCOc1ccc(CCc2cnc3c(N)nc4cc(C)ccc4c3c2)c(C)c1)OCC. The Morgan fingerprint density at radius 3 is 2.45 bits per heavy atom. The van der Waals surface area contributed by atoms with Crippen LogP contribution in [0.3, 0.4) is 0 Å². The van der Waals surface area contributed by atoms with Crippen molar-refractivity contribution in [3.63, 3.8) is 0 Å². The Labute approximate surface area is 236 Å². The van der Waals surface area contributed by atoms with E-state index < -0.39 is 7.60 Å². The zero-order valence-electron chi connectivity index (χ0n) is 23.9. The molecule has 0 aliphatic heterocycles. The highest BCUT2D eigenvalue weighted by molar-refractivity contribution is 7.53. The summed E-state index contributed by atoms with van der Waals surface area (Å²) in [6, 6.07) is 14.6. The largest absolute Gasteiger partial charge is 0.491 e. The first-order valence-electron chi connectivity index (χ1n) is 13.9. The lowest BCUT2D eigenvalue weighted by atomic mass is 9.99. The molecule has 0 saturated heterocycles. The van der Waals surface area contributed by atoms with Gasteiger partial charge in [-0.3, -0.25) is 9.55 Å². The van der Waals surface area contributed by atoms with Gasteiger partial charge in [0.1, 0.15) is 17.9 Å². The Bertz CT molecular complexity index is 1480. The van der Waals surface area contributed by atoms with Gasteiger partial charge < -0.3 is 24.3 Å². The van der Waals surface area contributed by atoms with Gasteiger partial charge in [0.25, 0.3) is 0 Å². The Morgan fingerprint density at radius 2 is 1.70 bits per heavy atom. The van der Waals surface area contributed by atoms with Crippen LogP contribution in [0.5, 0.6) is 5.75 Å². The fraction of sp³-hybridized carbons (Fsp3) is 0.419. The molecule has 8 nitrogen and oxygen atoms in total. The number of nitrogens with zero attached hydrogens (tertiary/aromatic N) is 2. The Hall–Kier alpha value is -3.03. The number of aryl methyl sites for hydroxylation is 4. The van der Waals surface area contributed by atoms with Crippen molar-refractivity contribution >= 4 is 35.2 Å². The molecule has 4 rings (SSSR count). The Morgan fingerprint density at radius 1 is 0.900 bits per heavy atom. The van der Waals surface area contributed by atoms with E-state index in [0.717, 1.165) is 51.5 Å². The third-order valence-electron chi connectivity index (χ3n) is 6.74. The van der Waals surface area contributed by atoms with Gasteiger partial charge in [-0.1, -0.05) is 18.2 Å². The molecule has 2 aromatic heterocycles. The zero-order valence-corrected chi connectivity index (χ0v) is 24.8. The van der Waals surface area contributed by atoms with E-state index in [4.69, 9.17) is 24.3 Å². The van der Waals surface area contributed by atoms with Gasteiger partial charge >= 0.3 is 7.60 Å². The summed E-state index contributed by atoms with van der Waals surface area (Å²) in [5.41, 5.74) is 12.6. The highest BCUT2D eigenvalue weighted by Gasteiger charge is 2.22. The van der Waals surface area contributed by atoms with E-state index >= 15 is 0 Å². The van der Waals surface area contributed by atoms with Crippen LogP contribution in [-0.4, -0.2) is 49.2 Å². The molecule has 0 radical (unpaired) electrons. The average molecular weight is 566 g/mol. The van der Waals surface area contributed by atoms with Crippen molar-refractivity contribution in [1.82, 2.24) is 9.97 Å². The molecule has 2 N–H and O–H groups in total. The second-order valence-electron chi connectivity index (χ2n) is 9.83. The van der Waals surface area contributed by atoms with Crippen LogP contribution in [-0.2, 0) is 31.2 Å². The first kappa shape index (κ1) is 29.9. The number of nitrogens with two attached hydrogens (primary N) is 1. The van der Waals surface area contributed by atoms with Crippen molar-refractivity contribution < 1.29 is 23.1 Å². The van der Waals surface area contributed by atoms with E-state index in [-0.39, 0.29) is 0 Å². The smallest absolute Gasteiger partial charge is 0.330 e. The molecule has 40 heavy (non-hydrogen) atoms. The van der Waals surface area contributed by atoms with Crippen molar-refractivity contribution in [2.45, 2.75) is 47.0 Å². The minimum absolute atomic E-state index is 0.354. The molecule has 0 atom stereocenters. The van der Waals surface area contributed by atoms with E-state index in [1.807, 2.05) is 26.1 Å². The van der Waals surface area contributed by atoms with Crippen molar-refractivity contribution in [2.75, 3.05) is 44.9 Å². The summed E-state index contributed by atoms with van der Waals surface area (Å²) in [6.45, 7) is 9.91. The summed E-state index contributed by atoms with van der Waals surface area (Å²) >= 11 is 0.